The summed E-state index contributed by atoms with van der Waals surface area (Å²) in [5.74, 6) is -0.258. The van der Waals surface area contributed by atoms with Crippen molar-refractivity contribution < 1.29 is 9.53 Å². The van der Waals surface area contributed by atoms with Crippen LogP contribution in [0.1, 0.15) is 5.69 Å². The first kappa shape index (κ1) is 11.2. The first-order chi connectivity index (χ1) is 6.13. The fourth-order valence-corrected chi connectivity index (χ4v) is 2.49. The van der Waals surface area contributed by atoms with Crippen molar-refractivity contribution in [2.24, 2.45) is 0 Å². The van der Waals surface area contributed by atoms with Crippen LogP contribution >= 0.6 is 45.2 Å². The maximum absolute atomic E-state index is 11.0. The molecule has 0 amide bonds. The summed E-state index contributed by atoms with van der Waals surface area (Å²) in [6.45, 7) is 0. The summed E-state index contributed by atoms with van der Waals surface area (Å²) in [6.07, 6.45) is 1.98. The Kier molecular flexibility index (Phi) is 4.36. The quantitative estimate of drug-likeness (QED) is 0.561. The van der Waals surface area contributed by atoms with E-state index in [1.54, 1.807) is 6.20 Å². The second kappa shape index (κ2) is 5.08. The Morgan fingerprint density at radius 3 is 2.85 bits per heavy atom. The maximum atomic E-state index is 11.0. The minimum absolute atomic E-state index is 0.242. The minimum atomic E-state index is -0.258. The van der Waals surface area contributed by atoms with E-state index in [1.807, 2.05) is 6.07 Å². The van der Waals surface area contributed by atoms with E-state index < -0.39 is 0 Å². The van der Waals surface area contributed by atoms with Gasteiger partial charge in [-0.15, -0.1) is 0 Å². The number of halogens is 2. The van der Waals surface area contributed by atoms with Crippen molar-refractivity contribution in [2.75, 3.05) is 7.11 Å². The van der Waals surface area contributed by atoms with Gasteiger partial charge in [-0.3, -0.25) is 9.78 Å². The minimum Gasteiger partial charge on any atom is -0.469 e. The zero-order chi connectivity index (χ0) is 9.84. The highest BCUT2D eigenvalue weighted by molar-refractivity contribution is 14.1. The number of aromatic nitrogens is 1. The number of carbonyl (C=O) groups excluding carboxylic acids is 1. The predicted octanol–water partition coefficient (Wildman–Crippen LogP) is 2.01. The second-order valence-electron chi connectivity index (χ2n) is 2.33. The summed E-state index contributed by atoms with van der Waals surface area (Å²) < 4.78 is 6.62. The fourth-order valence-electron chi connectivity index (χ4n) is 0.782. The molecule has 0 bridgehead atoms. The van der Waals surface area contributed by atoms with Crippen LogP contribution in [0.3, 0.4) is 0 Å². The molecule has 0 aliphatic heterocycles. The molecule has 1 aromatic heterocycles. The van der Waals surface area contributed by atoms with Crippen LogP contribution in [0, 0.1) is 7.14 Å². The molecule has 1 aromatic rings. The SMILES string of the molecule is COC(=O)Cc1ncc(I)cc1I. The van der Waals surface area contributed by atoms with Crippen molar-refractivity contribution in [1.29, 1.82) is 0 Å². The van der Waals surface area contributed by atoms with Gasteiger partial charge in [0.1, 0.15) is 0 Å². The zero-order valence-electron chi connectivity index (χ0n) is 6.88. The van der Waals surface area contributed by atoms with Gasteiger partial charge in [0.15, 0.2) is 0 Å². The third-order valence-electron chi connectivity index (χ3n) is 1.42. The van der Waals surface area contributed by atoms with Crippen molar-refractivity contribution in [3.63, 3.8) is 0 Å². The van der Waals surface area contributed by atoms with Gasteiger partial charge in [-0.05, 0) is 51.2 Å². The smallest absolute Gasteiger partial charge is 0.311 e. The molecule has 5 heteroatoms. The Morgan fingerprint density at radius 2 is 2.31 bits per heavy atom. The lowest BCUT2D eigenvalue weighted by Gasteiger charge is -2.02. The predicted molar refractivity (Wildman–Crippen MR) is 65.4 cm³/mol. The van der Waals surface area contributed by atoms with Crippen molar-refractivity contribution in [1.82, 2.24) is 4.98 Å². The Labute approximate surface area is 104 Å². The average molecular weight is 403 g/mol. The highest BCUT2D eigenvalue weighted by Crippen LogP contribution is 2.13. The Morgan fingerprint density at radius 1 is 1.62 bits per heavy atom. The molecule has 1 heterocycles. The Bertz CT molecular complexity index is 328. The average Bonchev–Trinajstić information content (AvgIpc) is 2.09. The number of rotatable bonds is 2. The Hall–Kier alpha value is 0.0800. The third kappa shape index (κ3) is 3.37. The number of methoxy groups -OCH3 is 1. The largest absolute Gasteiger partial charge is 0.469 e. The molecule has 1 rings (SSSR count). The van der Waals surface area contributed by atoms with E-state index in [4.69, 9.17) is 0 Å². The van der Waals surface area contributed by atoms with Gasteiger partial charge in [0.05, 0.1) is 19.2 Å². The van der Waals surface area contributed by atoms with Gasteiger partial charge in [0.2, 0.25) is 0 Å². The van der Waals surface area contributed by atoms with E-state index in [0.29, 0.717) is 0 Å². The van der Waals surface area contributed by atoms with Gasteiger partial charge in [-0.1, -0.05) is 0 Å². The van der Waals surface area contributed by atoms with E-state index in [2.05, 4.69) is 54.9 Å². The monoisotopic (exact) mass is 403 g/mol. The Balaban J connectivity index is 2.83. The first-order valence-corrected chi connectivity index (χ1v) is 5.66. The maximum Gasteiger partial charge on any atom is 0.311 e. The van der Waals surface area contributed by atoms with Crippen LogP contribution in [0.25, 0.3) is 0 Å². The topological polar surface area (TPSA) is 39.2 Å². The molecule has 0 aliphatic rings. The molecule has 0 aliphatic carbocycles. The number of hydrogen-bond acceptors (Lipinski definition) is 3. The molecule has 0 saturated heterocycles. The fraction of sp³-hybridized carbons (Fsp3) is 0.250. The first-order valence-electron chi connectivity index (χ1n) is 3.50. The third-order valence-corrected chi connectivity index (χ3v) is 2.95. The van der Waals surface area contributed by atoms with Gasteiger partial charge in [-0.2, -0.15) is 0 Å². The molecule has 0 spiro atoms. The number of esters is 1. The molecule has 13 heavy (non-hydrogen) atoms. The van der Waals surface area contributed by atoms with Gasteiger partial charge >= 0.3 is 5.97 Å². The molecular weight excluding hydrogens is 396 g/mol. The number of carbonyl (C=O) groups is 1. The molecule has 0 saturated carbocycles. The summed E-state index contributed by atoms with van der Waals surface area (Å²) in [7, 11) is 1.38. The van der Waals surface area contributed by atoms with Crippen LogP contribution in [-0.4, -0.2) is 18.1 Å². The second-order valence-corrected chi connectivity index (χ2v) is 4.74. The van der Waals surface area contributed by atoms with Crippen LogP contribution < -0.4 is 0 Å². The van der Waals surface area contributed by atoms with Gasteiger partial charge in [0, 0.05) is 13.3 Å². The molecule has 0 radical (unpaired) electrons. The summed E-state index contributed by atoms with van der Waals surface area (Å²) in [5.41, 5.74) is 0.771. The number of nitrogens with zero attached hydrogens (tertiary/aromatic N) is 1. The molecule has 0 unspecified atom stereocenters. The van der Waals surface area contributed by atoms with E-state index in [9.17, 15) is 4.79 Å². The van der Waals surface area contributed by atoms with Gasteiger partial charge < -0.3 is 4.74 Å². The van der Waals surface area contributed by atoms with Crippen LogP contribution in [0.2, 0.25) is 0 Å². The molecule has 3 nitrogen and oxygen atoms in total. The van der Waals surface area contributed by atoms with Crippen LogP contribution in [0.15, 0.2) is 12.3 Å². The lowest BCUT2D eigenvalue weighted by molar-refractivity contribution is -0.139. The number of pyridine rings is 1. The summed E-state index contributed by atoms with van der Waals surface area (Å²) in [5, 5.41) is 0. The highest BCUT2D eigenvalue weighted by Gasteiger charge is 2.07. The standard InChI is InChI=1S/C8H7I2NO2/c1-13-8(12)3-7-6(10)2-5(9)4-11-7/h2,4H,3H2,1H3. The molecule has 0 atom stereocenters. The molecule has 0 N–H and O–H groups in total. The normalized spacial score (nSPS) is 9.77. The number of ether oxygens (including phenoxy) is 1. The molecule has 0 fully saturated rings. The van der Waals surface area contributed by atoms with Gasteiger partial charge in [-0.25, -0.2) is 0 Å². The van der Waals surface area contributed by atoms with E-state index in [-0.39, 0.29) is 12.4 Å². The lowest BCUT2D eigenvalue weighted by atomic mass is 10.3. The van der Waals surface area contributed by atoms with Gasteiger partial charge in [0.25, 0.3) is 0 Å². The van der Waals surface area contributed by atoms with E-state index in [1.165, 1.54) is 7.11 Å². The van der Waals surface area contributed by atoms with Crippen molar-refractivity contribution in [3.8, 4) is 0 Å². The summed E-state index contributed by atoms with van der Waals surface area (Å²) >= 11 is 4.34. The van der Waals surface area contributed by atoms with Crippen LogP contribution in [0.5, 0.6) is 0 Å². The molecule has 70 valence electrons. The van der Waals surface area contributed by atoms with E-state index >= 15 is 0 Å². The molecule has 0 aromatic carbocycles. The van der Waals surface area contributed by atoms with Crippen molar-refractivity contribution in [3.05, 3.63) is 25.1 Å². The van der Waals surface area contributed by atoms with Crippen molar-refractivity contribution >= 4 is 51.2 Å². The zero-order valence-corrected chi connectivity index (χ0v) is 11.2. The number of hydrogen-bond donors (Lipinski definition) is 0. The van der Waals surface area contributed by atoms with Crippen molar-refractivity contribution in [2.45, 2.75) is 6.42 Å². The van der Waals surface area contributed by atoms with E-state index in [0.717, 1.165) is 12.8 Å². The summed E-state index contributed by atoms with van der Waals surface area (Å²) in [6, 6.07) is 1.98. The lowest BCUT2D eigenvalue weighted by Crippen LogP contribution is -2.07. The molecular formula is C8H7I2NO2. The van der Waals surface area contributed by atoms with Crippen LogP contribution in [-0.2, 0) is 16.0 Å². The summed E-state index contributed by atoms with van der Waals surface area (Å²) in [4.78, 5) is 15.1. The highest BCUT2D eigenvalue weighted by atomic mass is 127. The van der Waals surface area contributed by atoms with Crippen LogP contribution in [0.4, 0.5) is 0 Å².